The first-order chi connectivity index (χ1) is 7.63. The summed E-state index contributed by atoms with van der Waals surface area (Å²) in [6, 6.07) is 4.54. The Hall–Kier alpha value is -1.23. The third-order valence-electron chi connectivity index (χ3n) is 2.25. The second-order valence-electron chi connectivity index (χ2n) is 3.52. The molecule has 2 N–H and O–H groups in total. The molecule has 5 heteroatoms. The van der Waals surface area contributed by atoms with Gasteiger partial charge in [0.15, 0.2) is 0 Å². The number of aromatic amines is 1. The molecule has 0 fully saturated rings. The van der Waals surface area contributed by atoms with Crippen molar-refractivity contribution in [1.82, 2.24) is 10.3 Å². The SMILES string of the molecule is CSC(C)CCNC(=O)c1cccc(=O)[nH]1. The van der Waals surface area contributed by atoms with Crippen LogP contribution in [0.3, 0.4) is 0 Å². The standard InChI is InChI=1S/C11H16N2O2S/c1-8(16-2)6-7-12-11(15)9-4-3-5-10(14)13-9/h3-5,8H,6-7H2,1-2H3,(H,12,15)(H,13,14). The third-order valence-corrected chi connectivity index (χ3v) is 3.29. The maximum Gasteiger partial charge on any atom is 0.267 e. The number of aromatic nitrogens is 1. The minimum absolute atomic E-state index is 0.231. The van der Waals surface area contributed by atoms with Crippen molar-refractivity contribution in [2.45, 2.75) is 18.6 Å². The summed E-state index contributed by atoms with van der Waals surface area (Å²) in [7, 11) is 0. The third kappa shape index (κ3) is 4.10. The van der Waals surface area contributed by atoms with Gasteiger partial charge >= 0.3 is 0 Å². The second-order valence-corrected chi connectivity index (χ2v) is 4.80. The maximum atomic E-state index is 11.6. The number of carbonyl (C=O) groups is 1. The van der Waals surface area contributed by atoms with Gasteiger partial charge in [-0.15, -0.1) is 0 Å². The van der Waals surface area contributed by atoms with Crippen LogP contribution in [-0.2, 0) is 0 Å². The highest BCUT2D eigenvalue weighted by Crippen LogP contribution is 2.07. The predicted octanol–water partition coefficient (Wildman–Crippen LogP) is 1.25. The number of pyridine rings is 1. The normalized spacial score (nSPS) is 12.1. The van der Waals surface area contributed by atoms with Crippen molar-refractivity contribution in [3.05, 3.63) is 34.2 Å². The molecule has 0 saturated carbocycles. The number of hydrogen-bond acceptors (Lipinski definition) is 3. The topological polar surface area (TPSA) is 62.0 Å². The summed E-state index contributed by atoms with van der Waals surface area (Å²) in [5, 5.41) is 3.29. The summed E-state index contributed by atoms with van der Waals surface area (Å²) in [5.41, 5.74) is 0.0504. The van der Waals surface area contributed by atoms with Crippen LogP contribution in [0.15, 0.2) is 23.0 Å². The predicted molar refractivity (Wildman–Crippen MR) is 67.0 cm³/mol. The largest absolute Gasteiger partial charge is 0.351 e. The molecule has 16 heavy (non-hydrogen) atoms. The van der Waals surface area contributed by atoms with Crippen LogP contribution in [0.5, 0.6) is 0 Å². The highest BCUT2D eigenvalue weighted by Gasteiger charge is 2.06. The van der Waals surface area contributed by atoms with Gasteiger partial charge < -0.3 is 10.3 Å². The van der Waals surface area contributed by atoms with Crippen molar-refractivity contribution in [3.8, 4) is 0 Å². The first-order valence-electron chi connectivity index (χ1n) is 5.14. The molecular formula is C11H16N2O2S. The smallest absolute Gasteiger partial charge is 0.267 e. The van der Waals surface area contributed by atoms with E-state index in [0.29, 0.717) is 17.5 Å². The monoisotopic (exact) mass is 240 g/mol. The molecule has 0 aliphatic heterocycles. The number of H-pyrrole nitrogens is 1. The van der Waals surface area contributed by atoms with Crippen molar-refractivity contribution in [2.75, 3.05) is 12.8 Å². The van der Waals surface area contributed by atoms with E-state index in [1.807, 2.05) is 6.26 Å². The molecule has 1 amide bonds. The van der Waals surface area contributed by atoms with Crippen molar-refractivity contribution in [1.29, 1.82) is 0 Å². The van der Waals surface area contributed by atoms with E-state index in [1.165, 1.54) is 6.07 Å². The van der Waals surface area contributed by atoms with E-state index in [2.05, 4.69) is 17.2 Å². The van der Waals surface area contributed by atoms with Crippen molar-refractivity contribution in [2.24, 2.45) is 0 Å². The number of rotatable bonds is 5. The van der Waals surface area contributed by atoms with Crippen molar-refractivity contribution < 1.29 is 4.79 Å². The molecule has 0 aromatic carbocycles. The molecular weight excluding hydrogens is 224 g/mol. The zero-order chi connectivity index (χ0) is 12.0. The molecule has 0 spiro atoms. The lowest BCUT2D eigenvalue weighted by atomic mass is 10.3. The maximum absolute atomic E-state index is 11.6. The highest BCUT2D eigenvalue weighted by atomic mass is 32.2. The van der Waals surface area contributed by atoms with E-state index in [-0.39, 0.29) is 11.5 Å². The molecule has 0 radical (unpaired) electrons. The fraction of sp³-hybridized carbons (Fsp3) is 0.455. The number of thioether (sulfide) groups is 1. The lowest BCUT2D eigenvalue weighted by molar-refractivity contribution is 0.0948. The van der Waals surface area contributed by atoms with Crippen LogP contribution in [0.25, 0.3) is 0 Å². The summed E-state index contributed by atoms with van der Waals surface area (Å²) >= 11 is 1.77. The Morgan fingerprint density at radius 1 is 1.56 bits per heavy atom. The molecule has 0 aliphatic rings. The fourth-order valence-electron chi connectivity index (χ4n) is 1.18. The van der Waals surface area contributed by atoms with Crippen LogP contribution in [-0.4, -0.2) is 28.9 Å². The summed E-state index contributed by atoms with van der Waals surface area (Å²) in [4.78, 5) is 25.0. The first-order valence-corrected chi connectivity index (χ1v) is 6.42. The molecule has 1 unspecified atom stereocenters. The van der Waals surface area contributed by atoms with Gasteiger partial charge in [-0.05, 0) is 18.7 Å². The van der Waals surface area contributed by atoms with Crippen molar-refractivity contribution in [3.63, 3.8) is 0 Å². The van der Waals surface area contributed by atoms with E-state index < -0.39 is 0 Å². The fourth-order valence-corrected chi connectivity index (χ4v) is 1.54. The molecule has 4 nitrogen and oxygen atoms in total. The number of nitrogens with one attached hydrogen (secondary N) is 2. The van der Waals surface area contributed by atoms with Gasteiger partial charge in [-0.2, -0.15) is 11.8 Å². The Kier molecular flexibility index (Phi) is 5.11. The molecule has 1 aromatic heterocycles. The zero-order valence-corrected chi connectivity index (χ0v) is 10.3. The number of hydrogen-bond donors (Lipinski definition) is 2. The molecule has 88 valence electrons. The van der Waals surface area contributed by atoms with Gasteiger partial charge in [-0.25, -0.2) is 0 Å². The second kappa shape index (κ2) is 6.37. The minimum Gasteiger partial charge on any atom is -0.351 e. The summed E-state index contributed by atoms with van der Waals surface area (Å²) in [5.74, 6) is -0.231. The Labute approximate surface area is 98.8 Å². The number of amides is 1. The molecule has 1 rings (SSSR count). The Morgan fingerprint density at radius 2 is 2.31 bits per heavy atom. The summed E-state index contributed by atoms with van der Waals surface area (Å²) in [6.07, 6.45) is 2.96. The van der Waals surface area contributed by atoms with Gasteiger partial charge in [0.1, 0.15) is 5.69 Å². The lowest BCUT2D eigenvalue weighted by Crippen LogP contribution is -2.28. The Morgan fingerprint density at radius 3 is 2.94 bits per heavy atom. The van der Waals surface area contributed by atoms with Crippen LogP contribution < -0.4 is 10.9 Å². The van der Waals surface area contributed by atoms with Gasteiger partial charge in [0.25, 0.3) is 5.91 Å². The molecule has 0 saturated heterocycles. The van der Waals surface area contributed by atoms with E-state index in [1.54, 1.807) is 23.9 Å². The van der Waals surface area contributed by atoms with E-state index in [4.69, 9.17) is 0 Å². The van der Waals surface area contributed by atoms with E-state index in [9.17, 15) is 9.59 Å². The average molecular weight is 240 g/mol. The minimum atomic E-state index is -0.259. The van der Waals surface area contributed by atoms with E-state index in [0.717, 1.165) is 6.42 Å². The van der Waals surface area contributed by atoms with Crippen LogP contribution in [0.1, 0.15) is 23.8 Å². The van der Waals surface area contributed by atoms with Crippen LogP contribution in [0.2, 0.25) is 0 Å². The van der Waals surface area contributed by atoms with Gasteiger partial charge in [-0.1, -0.05) is 13.0 Å². The first kappa shape index (κ1) is 12.8. The lowest BCUT2D eigenvalue weighted by Gasteiger charge is -2.08. The molecule has 0 bridgehead atoms. The highest BCUT2D eigenvalue weighted by molar-refractivity contribution is 7.99. The van der Waals surface area contributed by atoms with Gasteiger partial charge in [0, 0.05) is 17.9 Å². The van der Waals surface area contributed by atoms with Gasteiger partial charge in [0.2, 0.25) is 5.56 Å². The molecule has 1 aromatic rings. The van der Waals surface area contributed by atoms with Crippen LogP contribution in [0.4, 0.5) is 0 Å². The molecule has 1 heterocycles. The van der Waals surface area contributed by atoms with Gasteiger partial charge in [0.05, 0.1) is 0 Å². The number of carbonyl (C=O) groups excluding carboxylic acids is 1. The summed E-state index contributed by atoms with van der Waals surface area (Å²) < 4.78 is 0. The zero-order valence-electron chi connectivity index (χ0n) is 9.45. The van der Waals surface area contributed by atoms with E-state index >= 15 is 0 Å². The summed E-state index contributed by atoms with van der Waals surface area (Å²) in [6.45, 7) is 2.74. The quantitative estimate of drug-likeness (QED) is 0.814. The van der Waals surface area contributed by atoms with Crippen LogP contribution in [0, 0.1) is 0 Å². The Bertz CT molecular complexity index is 403. The Balaban J connectivity index is 2.44. The molecule has 1 atom stereocenters. The van der Waals surface area contributed by atoms with Crippen molar-refractivity contribution >= 4 is 17.7 Å². The molecule has 0 aliphatic carbocycles. The van der Waals surface area contributed by atoms with Crippen LogP contribution >= 0.6 is 11.8 Å². The van der Waals surface area contributed by atoms with Gasteiger partial charge in [-0.3, -0.25) is 9.59 Å². The average Bonchev–Trinajstić information content (AvgIpc) is 2.28.